The highest BCUT2D eigenvalue weighted by molar-refractivity contribution is 7.13. The molecular formula is C10H5Cl3N2O2S. The Morgan fingerprint density at radius 3 is 2.56 bits per heavy atom. The molecular weight excluding hydrogens is 319 g/mol. The first-order chi connectivity index (χ1) is 8.41. The molecule has 0 saturated heterocycles. The monoisotopic (exact) mass is 322 g/mol. The van der Waals surface area contributed by atoms with Crippen LogP contribution in [-0.4, -0.2) is 9.91 Å². The molecule has 0 atom stereocenters. The number of halogens is 3. The summed E-state index contributed by atoms with van der Waals surface area (Å²) in [5.41, 5.74) is 0.364. The molecule has 0 aliphatic rings. The van der Waals surface area contributed by atoms with Gasteiger partial charge in [0.25, 0.3) is 5.69 Å². The summed E-state index contributed by atoms with van der Waals surface area (Å²) in [6, 6.07) is 4.37. The zero-order valence-corrected chi connectivity index (χ0v) is 11.7. The number of nitrogens with zero attached hydrogens (tertiary/aromatic N) is 2. The Kier molecular flexibility index (Phi) is 3.77. The molecule has 18 heavy (non-hydrogen) atoms. The van der Waals surface area contributed by atoms with Gasteiger partial charge < -0.3 is 0 Å². The van der Waals surface area contributed by atoms with Crippen LogP contribution in [-0.2, 0) is 3.79 Å². The molecule has 1 aromatic carbocycles. The molecule has 1 aromatic heterocycles. The number of nitro benzene ring substituents is 1. The molecule has 2 rings (SSSR count). The molecule has 0 N–H and O–H groups in total. The fourth-order valence-corrected chi connectivity index (χ4v) is 2.68. The topological polar surface area (TPSA) is 56.0 Å². The third kappa shape index (κ3) is 2.59. The van der Waals surface area contributed by atoms with Crippen LogP contribution in [0, 0.1) is 10.1 Å². The average molecular weight is 324 g/mol. The van der Waals surface area contributed by atoms with E-state index >= 15 is 0 Å². The normalized spacial score (nSPS) is 11.5. The van der Waals surface area contributed by atoms with Crippen LogP contribution in [0.1, 0.15) is 5.56 Å². The summed E-state index contributed by atoms with van der Waals surface area (Å²) >= 11 is 18.8. The van der Waals surface area contributed by atoms with Gasteiger partial charge in [0.2, 0.25) is 3.79 Å². The first-order valence-electron chi connectivity index (χ1n) is 4.65. The fourth-order valence-electron chi connectivity index (χ4n) is 1.50. The van der Waals surface area contributed by atoms with Gasteiger partial charge in [-0.1, -0.05) is 46.9 Å². The molecule has 94 valence electrons. The molecule has 0 aliphatic heterocycles. The van der Waals surface area contributed by atoms with E-state index in [1.165, 1.54) is 29.5 Å². The van der Waals surface area contributed by atoms with Crippen LogP contribution in [0.5, 0.6) is 0 Å². The summed E-state index contributed by atoms with van der Waals surface area (Å²) in [5.74, 6) is 0. The van der Waals surface area contributed by atoms with Gasteiger partial charge in [-0.3, -0.25) is 10.1 Å². The van der Waals surface area contributed by atoms with Crippen molar-refractivity contribution < 1.29 is 4.92 Å². The van der Waals surface area contributed by atoms with E-state index in [-0.39, 0.29) is 16.8 Å². The predicted molar refractivity (Wildman–Crippen MR) is 73.4 cm³/mol. The van der Waals surface area contributed by atoms with E-state index in [0.29, 0.717) is 5.01 Å². The van der Waals surface area contributed by atoms with E-state index in [4.69, 9.17) is 34.8 Å². The van der Waals surface area contributed by atoms with Crippen molar-refractivity contribution in [3.63, 3.8) is 0 Å². The maximum Gasteiger partial charge on any atom is 0.280 e. The highest BCUT2D eigenvalue weighted by atomic mass is 35.6. The van der Waals surface area contributed by atoms with Crippen molar-refractivity contribution in [2.75, 3.05) is 0 Å². The highest BCUT2D eigenvalue weighted by Crippen LogP contribution is 2.46. The maximum atomic E-state index is 11.0. The molecule has 0 saturated carbocycles. The highest BCUT2D eigenvalue weighted by Gasteiger charge is 2.32. The quantitative estimate of drug-likeness (QED) is 0.463. The van der Waals surface area contributed by atoms with Crippen molar-refractivity contribution in [3.05, 3.63) is 45.5 Å². The lowest BCUT2D eigenvalue weighted by atomic mass is 10.1. The first kappa shape index (κ1) is 13.5. The van der Waals surface area contributed by atoms with Gasteiger partial charge in [0.05, 0.1) is 10.5 Å². The molecule has 0 unspecified atom stereocenters. The van der Waals surface area contributed by atoms with E-state index in [2.05, 4.69) is 4.98 Å². The Hall–Kier alpha value is -0.880. The van der Waals surface area contributed by atoms with Crippen LogP contribution < -0.4 is 0 Å². The number of thiazole rings is 1. The second kappa shape index (κ2) is 5.01. The Morgan fingerprint density at radius 2 is 2.06 bits per heavy atom. The van der Waals surface area contributed by atoms with E-state index in [1.54, 1.807) is 11.6 Å². The number of rotatable bonds is 2. The second-order valence-electron chi connectivity index (χ2n) is 3.29. The van der Waals surface area contributed by atoms with E-state index < -0.39 is 8.72 Å². The molecule has 0 amide bonds. The van der Waals surface area contributed by atoms with Crippen LogP contribution in [0.15, 0.2) is 29.8 Å². The average Bonchev–Trinajstić information content (AvgIpc) is 2.79. The summed E-state index contributed by atoms with van der Waals surface area (Å²) < 4.78 is -1.74. The van der Waals surface area contributed by atoms with Gasteiger partial charge in [-0.2, -0.15) is 0 Å². The van der Waals surface area contributed by atoms with Crippen LogP contribution in [0.2, 0.25) is 0 Å². The van der Waals surface area contributed by atoms with Crippen molar-refractivity contribution in [1.82, 2.24) is 4.98 Å². The summed E-state index contributed by atoms with van der Waals surface area (Å²) in [6.45, 7) is 0. The third-order valence-electron chi connectivity index (χ3n) is 2.19. The lowest BCUT2D eigenvalue weighted by molar-refractivity contribution is -0.384. The number of hydrogen-bond donors (Lipinski definition) is 0. The molecule has 0 fully saturated rings. The van der Waals surface area contributed by atoms with Crippen LogP contribution in [0.25, 0.3) is 10.6 Å². The largest absolute Gasteiger partial charge is 0.280 e. The van der Waals surface area contributed by atoms with Gasteiger partial charge in [-0.25, -0.2) is 4.98 Å². The first-order valence-corrected chi connectivity index (χ1v) is 6.67. The minimum absolute atomic E-state index is 0.131. The molecule has 0 radical (unpaired) electrons. The third-order valence-corrected chi connectivity index (χ3v) is 3.59. The van der Waals surface area contributed by atoms with Crippen molar-refractivity contribution in [1.29, 1.82) is 0 Å². The fraction of sp³-hybridized carbons (Fsp3) is 0.100. The SMILES string of the molecule is O=[N+]([O-])c1cccc(C(Cl)(Cl)Cl)c1-c1nccs1. The Labute approximate surface area is 121 Å². The standard InChI is InChI=1S/C10H5Cl3N2O2S/c11-10(12,13)6-2-1-3-7(15(16)17)8(6)9-14-4-5-18-9/h1-5H. The van der Waals surface area contributed by atoms with Gasteiger partial charge in [0.15, 0.2) is 0 Å². The minimum Gasteiger partial charge on any atom is -0.258 e. The molecule has 0 spiro atoms. The molecule has 4 nitrogen and oxygen atoms in total. The lowest BCUT2D eigenvalue weighted by Crippen LogP contribution is -2.05. The van der Waals surface area contributed by atoms with Gasteiger partial charge in [0.1, 0.15) is 5.01 Å². The van der Waals surface area contributed by atoms with Gasteiger partial charge in [-0.15, -0.1) is 11.3 Å². The van der Waals surface area contributed by atoms with Gasteiger partial charge in [-0.05, 0) is 0 Å². The zero-order valence-electron chi connectivity index (χ0n) is 8.64. The second-order valence-corrected chi connectivity index (χ2v) is 6.47. The van der Waals surface area contributed by atoms with Crippen LogP contribution in [0.3, 0.4) is 0 Å². The summed E-state index contributed by atoms with van der Waals surface area (Å²) in [5, 5.41) is 13.2. The number of alkyl halides is 3. The molecule has 2 aromatic rings. The molecule has 0 aliphatic carbocycles. The van der Waals surface area contributed by atoms with Crippen LogP contribution >= 0.6 is 46.1 Å². The minimum atomic E-state index is -1.74. The number of aromatic nitrogens is 1. The number of nitro groups is 1. The van der Waals surface area contributed by atoms with Crippen molar-refractivity contribution >= 4 is 51.8 Å². The smallest absolute Gasteiger partial charge is 0.258 e. The van der Waals surface area contributed by atoms with E-state index in [0.717, 1.165) is 0 Å². The predicted octanol–water partition coefficient (Wildman–Crippen LogP) is 4.55. The maximum absolute atomic E-state index is 11.0. The summed E-state index contributed by atoms with van der Waals surface area (Å²) in [4.78, 5) is 14.6. The van der Waals surface area contributed by atoms with Crippen LogP contribution in [0.4, 0.5) is 5.69 Å². The lowest BCUT2D eigenvalue weighted by Gasteiger charge is -2.14. The Balaban J connectivity index is 2.77. The van der Waals surface area contributed by atoms with E-state index in [1.807, 2.05) is 0 Å². The molecule has 8 heteroatoms. The molecule has 0 bridgehead atoms. The van der Waals surface area contributed by atoms with Crippen molar-refractivity contribution in [2.24, 2.45) is 0 Å². The zero-order chi connectivity index (χ0) is 13.3. The Bertz CT molecular complexity index is 581. The van der Waals surface area contributed by atoms with Crippen molar-refractivity contribution in [3.8, 4) is 10.6 Å². The summed E-state index contributed by atoms with van der Waals surface area (Å²) in [6.07, 6.45) is 1.54. The van der Waals surface area contributed by atoms with Gasteiger partial charge in [0, 0.05) is 23.2 Å². The summed E-state index contributed by atoms with van der Waals surface area (Å²) in [7, 11) is 0. The number of hydrogen-bond acceptors (Lipinski definition) is 4. The van der Waals surface area contributed by atoms with E-state index in [9.17, 15) is 10.1 Å². The Morgan fingerprint density at radius 1 is 1.33 bits per heavy atom. The molecule has 1 heterocycles. The van der Waals surface area contributed by atoms with Crippen molar-refractivity contribution in [2.45, 2.75) is 3.79 Å². The number of benzene rings is 1. The van der Waals surface area contributed by atoms with Gasteiger partial charge >= 0.3 is 0 Å².